The Morgan fingerprint density at radius 2 is 2.18 bits per heavy atom. The Hall–Kier alpha value is -1.45. The van der Waals surface area contributed by atoms with Crippen molar-refractivity contribution in [2.24, 2.45) is 5.73 Å². The Bertz CT molecular complexity index is 508. The molecule has 0 aliphatic carbocycles. The van der Waals surface area contributed by atoms with Gasteiger partial charge >= 0.3 is 5.97 Å². The van der Waals surface area contributed by atoms with Crippen molar-refractivity contribution in [1.29, 1.82) is 0 Å². The fraction of sp³-hybridized carbons (Fsp3) is 0.250. The van der Waals surface area contributed by atoms with Crippen molar-refractivity contribution in [1.82, 2.24) is 4.72 Å². The van der Waals surface area contributed by atoms with Gasteiger partial charge in [-0.2, -0.15) is 4.72 Å². The summed E-state index contributed by atoms with van der Waals surface area (Å²) in [5.74, 6) is -2.35. The van der Waals surface area contributed by atoms with Crippen LogP contribution in [0.15, 0.2) is 21.7 Å². The highest BCUT2D eigenvalue weighted by molar-refractivity contribution is 7.91. The van der Waals surface area contributed by atoms with Crippen molar-refractivity contribution in [2.45, 2.75) is 16.7 Å². The molecule has 1 aromatic heterocycles. The molecule has 1 amide bonds. The van der Waals surface area contributed by atoms with Crippen molar-refractivity contribution in [3.63, 3.8) is 0 Å². The smallest absolute Gasteiger partial charge is 0.322 e. The second-order valence-electron chi connectivity index (χ2n) is 3.11. The van der Waals surface area contributed by atoms with Crippen LogP contribution in [0.1, 0.15) is 6.42 Å². The van der Waals surface area contributed by atoms with Gasteiger partial charge in [-0.15, -0.1) is 11.3 Å². The van der Waals surface area contributed by atoms with Crippen molar-refractivity contribution in [3.8, 4) is 0 Å². The van der Waals surface area contributed by atoms with Gasteiger partial charge in [0.25, 0.3) is 10.0 Å². The molecule has 0 saturated heterocycles. The van der Waals surface area contributed by atoms with E-state index in [1.165, 1.54) is 12.1 Å². The molecule has 1 unspecified atom stereocenters. The summed E-state index contributed by atoms with van der Waals surface area (Å²) in [5.41, 5.74) is 4.83. The van der Waals surface area contributed by atoms with Gasteiger partial charge in [0.1, 0.15) is 10.3 Å². The first-order valence-corrected chi connectivity index (χ1v) is 6.76. The zero-order valence-electron chi connectivity index (χ0n) is 8.49. The van der Waals surface area contributed by atoms with Gasteiger partial charge in [0, 0.05) is 0 Å². The number of carboxylic acids is 1. The monoisotopic (exact) mass is 278 g/mol. The van der Waals surface area contributed by atoms with Crippen LogP contribution in [0.2, 0.25) is 0 Å². The molecule has 0 saturated carbocycles. The number of thiophene rings is 1. The lowest BCUT2D eigenvalue weighted by molar-refractivity contribution is -0.140. The van der Waals surface area contributed by atoms with Crippen molar-refractivity contribution < 1.29 is 23.1 Å². The van der Waals surface area contributed by atoms with Crippen LogP contribution < -0.4 is 10.5 Å². The number of hydrogen-bond acceptors (Lipinski definition) is 5. The zero-order valence-corrected chi connectivity index (χ0v) is 10.1. The Morgan fingerprint density at radius 1 is 1.53 bits per heavy atom. The predicted octanol–water partition coefficient (Wildman–Crippen LogP) is -0.645. The van der Waals surface area contributed by atoms with Crippen molar-refractivity contribution in [3.05, 3.63) is 17.5 Å². The van der Waals surface area contributed by atoms with Crippen LogP contribution in [-0.2, 0) is 19.6 Å². The lowest BCUT2D eigenvalue weighted by Crippen LogP contribution is -2.43. The maximum atomic E-state index is 11.7. The summed E-state index contributed by atoms with van der Waals surface area (Å²) < 4.78 is 25.2. The topological polar surface area (TPSA) is 127 Å². The van der Waals surface area contributed by atoms with E-state index in [1.807, 2.05) is 4.72 Å². The molecule has 9 heteroatoms. The number of aliphatic carboxylic acids is 1. The van der Waals surface area contributed by atoms with E-state index >= 15 is 0 Å². The highest BCUT2D eigenvalue weighted by Gasteiger charge is 2.27. The fourth-order valence-corrected chi connectivity index (χ4v) is 3.24. The number of rotatable bonds is 6. The molecule has 94 valence electrons. The van der Waals surface area contributed by atoms with E-state index in [9.17, 15) is 18.0 Å². The number of nitrogens with one attached hydrogen (secondary N) is 1. The van der Waals surface area contributed by atoms with Crippen LogP contribution in [0.4, 0.5) is 0 Å². The third-order valence-electron chi connectivity index (χ3n) is 1.76. The molecule has 17 heavy (non-hydrogen) atoms. The molecule has 1 aromatic rings. The van der Waals surface area contributed by atoms with E-state index in [2.05, 4.69) is 0 Å². The first-order valence-electron chi connectivity index (χ1n) is 4.40. The maximum Gasteiger partial charge on any atom is 0.322 e. The minimum atomic E-state index is -3.93. The summed E-state index contributed by atoms with van der Waals surface area (Å²) in [5, 5.41) is 10.3. The molecule has 7 nitrogen and oxygen atoms in total. The SMILES string of the molecule is NC(=O)CC(NS(=O)(=O)c1cccs1)C(=O)O. The zero-order chi connectivity index (χ0) is 13.1. The Balaban J connectivity index is 2.87. The standard InChI is InChI=1S/C8H10N2O5S2/c9-6(11)4-5(8(12)13)10-17(14,15)7-2-1-3-16-7/h1-3,5,10H,4H2,(H2,9,11)(H,12,13). The van der Waals surface area contributed by atoms with Gasteiger partial charge in [-0.05, 0) is 11.4 Å². The molecule has 0 spiro atoms. The summed E-state index contributed by atoms with van der Waals surface area (Å²) in [6.07, 6.45) is -0.597. The predicted molar refractivity (Wildman–Crippen MR) is 59.9 cm³/mol. The lowest BCUT2D eigenvalue weighted by atomic mass is 10.2. The highest BCUT2D eigenvalue weighted by Crippen LogP contribution is 2.16. The third-order valence-corrected chi connectivity index (χ3v) is 4.63. The van der Waals surface area contributed by atoms with E-state index in [0.29, 0.717) is 0 Å². The number of amides is 1. The number of carbonyl (C=O) groups is 2. The summed E-state index contributed by atoms with van der Waals surface area (Å²) >= 11 is 0.943. The minimum Gasteiger partial charge on any atom is -0.480 e. The summed E-state index contributed by atoms with van der Waals surface area (Å²) in [7, 11) is -3.93. The summed E-state index contributed by atoms with van der Waals surface area (Å²) in [6, 6.07) is 1.29. The van der Waals surface area contributed by atoms with Crippen LogP contribution in [-0.4, -0.2) is 31.4 Å². The van der Waals surface area contributed by atoms with E-state index in [4.69, 9.17) is 10.8 Å². The Labute approximate surface area is 101 Å². The Kier molecular flexibility index (Phi) is 4.21. The van der Waals surface area contributed by atoms with Gasteiger partial charge in [-0.25, -0.2) is 8.42 Å². The maximum absolute atomic E-state index is 11.7. The average Bonchev–Trinajstić information content (AvgIpc) is 2.68. The van der Waals surface area contributed by atoms with E-state index in [1.54, 1.807) is 5.38 Å². The largest absolute Gasteiger partial charge is 0.480 e. The molecule has 0 fully saturated rings. The van der Waals surface area contributed by atoms with Crippen LogP contribution in [0.25, 0.3) is 0 Å². The van der Waals surface area contributed by atoms with Gasteiger partial charge in [-0.3, -0.25) is 9.59 Å². The number of carboxylic acid groups (broad SMARTS) is 1. The molecule has 0 aliphatic heterocycles. The van der Waals surface area contributed by atoms with Gasteiger partial charge < -0.3 is 10.8 Å². The first-order chi connectivity index (χ1) is 7.83. The quantitative estimate of drug-likeness (QED) is 0.637. The fourth-order valence-electron chi connectivity index (χ4n) is 1.04. The number of sulfonamides is 1. The van der Waals surface area contributed by atoms with Crippen LogP contribution in [0.3, 0.4) is 0 Å². The van der Waals surface area contributed by atoms with Gasteiger partial charge in [-0.1, -0.05) is 6.07 Å². The number of primary amides is 1. The van der Waals surface area contributed by atoms with E-state index in [-0.39, 0.29) is 4.21 Å². The molecule has 1 rings (SSSR count). The molecule has 1 atom stereocenters. The third kappa shape index (κ3) is 3.80. The van der Waals surface area contributed by atoms with Crippen molar-refractivity contribution >= 4 is 33.2 Å². The lowest BCUT2D eigenvalue weighted by Gasteiger charge is -2.11. The normalized spacial score (nSPS) is 13.2. The molecule has 0 bridgehead atoms. The van der Waals surface area contributed by atoms with Crippen LogP contribution >= 0.6 is 11.3 Å². The van der Waals surface area contributed by atoms with Gasteiger partial charge in [0.2, 0.25) is 5.91 Å². The average molecular weight is 278 g/mol. The number of nitrogens with two attached hydrogens (primary N) is 1. The molecule has 4 N–H and O–H groups in total. The van der Waals surface area contributed by atoms with Crippen LogP contribution in [0.5, 0.6) is 0 Å². The molecule has 0 radical (unpaired) electrons. The molecule has 0 aliphatic rings. The minimum absolute atomic E-state index is 0.0202. The van der Waals surface area contributed by atoms with Gasteiger partial charge in [0.05, 0.1) is 6.42 Å². The Morgan fingerprint density at radius 3 is 2.59 bits per heavy atom. The molecular weight excluding hydrogens is 268 g/mol. The number of hydrogen-bond donors (Lipinski definition) is 3. The second-order valence-corrected chi connectivity index (χ2v) is 6.00. The summed E-state index contributed by atoms with van der Waals surface area (Å²) in [6.45, 7) is 0. The number of carbonyl (C=O) groups excluding carboxylic acids is 1. The van der Waals surface area contributed by atoms with E-state index in [0.717, 1.165) is 11.3 Å². The van der Waals surface area contributed by atoms with Gasteiger partial charge in [0.15, 0.2) is 0 Å². The molecule has 0 aromatic carbocycles. The summed E-state index contributed by atoms with van der Waals surface area (Å²) in [4.78, 5) is 21.4. The second kappa shape index (κ2) is 5.25. The van der Waals surface area contributed by atoms with Crippen molar-refractivity contribution in [2.75, 3.05) is 0 Å². The molecular formula is C8H10N2O5S2. The van der Waals surface area contributed by atoms with E-state index < -0.39 is 34.4 Å². The first kappa shape index (κ1) is 13.6. The van der Waals surface area contributed by atoms with Crippen LogP contribution in [0, 0.1) is 0 Å². The highest BCUT2D eigenvalue weighted by atomic mass is 32.2. The molecule has 1 heterocycles.